The summed E-state index contributed by atoms with van der Waals surface area (Å²) in [6.07, 6.45) is 3.72. The van der Waals surface area contributed by atoms with E-state index in [0.29, 0.717) is 18.7 Å². The summed E-state index contributed by atoms with van der Waals surface area (Å²) in [5.41, 5.74) is 0.506. The van der Waals surface area contributed by atoms with E-state index in [1.165, 1.54) is 6.20 Å². The SMILES string of the molecule is CCNCCCS(=O)(=O)Nc1cnn(C)c1. The van der Waals surface area contributed by atoms with Gasteiger partial charge in [0.1, 0.15) is 0 Å². The number of aromatic nitrogens is 2. The lowest BCUT2D eigenvalue weighted by molar-refractivity contribution is 0.595. The molecule has 1 aromatic heterocycles. The van der Waals surface area contributed by atoms with E-state index < -0.39 is 10.0 Å². The molecule has 0 aliphatic carbocycles. The van der Waals surface area contributed by atoms with Crippen LogP contribution in [0.15, 0.2) is 12.4 Å². The normalized spacial score (nSPS) is 11.6. The first-order valence-corrected chi connectivity index (χ1v) is 6.88. The maximum absolute atomic E-state index is 11.6. The largest absolute Gasteiger partial charge is 0.317 e. The number of hydrogen-bond acceptors (Lipinski definition) is 4. The Kier molecular flexibility index (Phi) is 4.75. The smallest absolute Gasteiger partial charge is 0.232 e. The lowest BCUT2D eigenvalue weighted by Crippen LogP contribution is -2.21. The van der Waals surface area contributed by atoms with Crippen molar-refractivity contribution in [3.63, 3.8) is 0 Å². The second kappa shape index (κ2) is 5.86. The number of rotatable bonds is 7. The number of hydrogen-bond donors (Lipinski definition) is 2. The van der Waals surface area contributed by atoms with Gasteiger partial charge in [0.25, 0.3) is 0 Å². The molecular weight excluding hydrogens is 228 g/mol. The molecule has 0 saturated heterocycles. The molecule has 2 N–H and O–H groups in total. The Morgan fingerprint density at radius 2 is 2.25 bits per heavy atom. The van der Waals surface area contributed by atoms with Crippen LogP contribution < -0.4 is 10.0 Å². The summed E-state index contributed by atoms with van der Waals surface area (Å²) >= 11 is 0. The lowest BCUT2D eigenvalue weighted by atomic mass is 10.5. The Morgan fingerprint density at radius 1 is 1.50 bits per heavy atom. The third kappa shape index (κ3) is 4.63. The quantitative estimate of drug-likeness (QED) is 0.672. The fourth-order valence-corrected chi connectivity index (χ4v) is 2.36. The monoisotopic (exact) mass is 246 g/mol. The average molecular weight is 246 g/mol. The lowest BCUT2D eigenvalue weighted by Gasteiger charge is -2.05. The maximum atomic E-state index is 11.6. The molecule has 0 aliphatic heterocycles. The Balaban J connectivity index is 2.40. The van der Waals surface area contributed by atoms with Gasteiger partial charge in [-0.15, -0.1) is 0 Å². The number of sulfonamides is 1. The molecule has 7 heteroatoms. The van der Waals surface area contributed by atoms with Gasteiger partial charge in [0, 0.05) is 13.2 Å². The number of nitrogens with zero attached hydrogens (tertiary/aromatic N) is 2. The standard InChI is InChI=1S/C9H18N4O2S/c1-3-10-5-4-6-16(14,15)12-9-7-11-13(2)8-9/h7-8,10,12H,3-6H2,1-2H3. The van der Waals surface area contributed by atoms with E-state index >= 15 is 0 Å². The number of anilines is 1. The third-order valence-electron chi connectivity index (χ3n) is 1.99. The topological polar surface area (TPSA) is 76.0 Å². The van der Waals surface area contributed by atoms with Crippen LogP contribution in [0.2, 0.25) is 0 Å². The molecule has 0 radical (unpaired) electrons. The van der Waals surface area contributed by atoms with Crippen LogP contribution >= 0.6 is 0 Å². The van der Waals surface area contributed by atoms with Crippen LogP contribution in [0.5, 0.6) is 0 Å². The molecule has 0 aromatic carbocycles. The Morgan fingerprint density at radius 3 is 2.81 bits per heavy atom. The van der Waals surface area contributed by atoms with Crippen molar-refractivity contribution in [1.82, 2.24) is 15.1 Å². The van der Waals surface area contributed by atoms with Gasteiger partial charge in [0.2, 0.25) is 10.0 Å². The molecule has 16 heavy (non-hydrogen) atoms. The first kappa shape index (κ1) is 13.0. The van der Waals surface area contributed by atoms with Crippen LogP contribution in [0.3, 0.4) is 0 Å². The minimum Gasteiger partial charge on any atom is -0.317 e. The summed E-state index contributed by atoms with van der Waals surface area (Å²) in [5.74, 6) is 0.120. The predicted molar refractivity (Wildman–Crippen MR) is 63.8 cm³/mol. The van der Waals surface area contributed by atoms with Crippen molar-refractivity contribution in [2.75, 3.05) is 23.6 Å². The maximum Gasteiger partial charge on any atom is 0.232 e. The molecule has 1 rings (SSSR count). The minimum atomic E-state index is -3.25. The first-order valence-electron chi connectivity index (χ1n) is 5.23. The minimum absolute atomic E-state index is 0.120. The molecule has 6 nitrogen and oxygen atoms in total. The highest BCUT2D eigenvalue weighted by atomic mass is 32.2. The van der Waals surface area contributed by atoms with E-state index in [1.807, 2.05) is 6.92 Å². The zero-order valence-corrected chi connectivity index (χ0v) is 10.4. The zero-order chi connectivity index (χ0) is 12.0. The molecule has 0 unspecified atom stereocenters. The highest BCUT2D eigenvalue weighted by molar-refractivity contribution is 7.92. The Bertz CT molecular complexity index is 413. The summed E-state index contributed by atoms with van der Waals surface area (Å²) in [6.45, 7) is 3.56. The Labute approximate surface area is 96.1 Å². The second-order valence-corrected chi connectivity index (χ2v) is 5.37. The molecule has 1 aromatic rings. The highest BCUT2D eigenvalue weighted by Gasteiger charge is 2.10. The molecule has 1 heterocycles. The van der Waals surface area contributed by atoms with Crippen LogP contribution in [-0.2, 0) is 17.1 Å². The van der Waals surface area contributed by atoms with Gasteiger partial charge in [0.15, 0.2) is 0 Å². The van der Waals surface area contributed by atoms with E-state index in [0.717, 1.165) is 6.54 Å². The van der Waals surface area contributed by atoms with E-state index in [1.54, 1.807) is 17.9 Å². The first-order chi connectivity index (χ1) is 7.53. The molecule has 0 spiro atoms. The van der Waals surface area contributed by atoms with Crippen LogP contribution in [0.1, 0.15) is 13.3 Å². The molecule has 0 saturated carbocycles. The van der Waals surface area contributed by atoms with Crippen LogP contribution in [0, 0.1) is 0 Å². The van der Waals surface area contributed by atoms with Gasteiger partial charge >= 0.3 is 0 Å². The summed E-state index contributed by atoms with van der Waals surface area (Å²) in [4.78, 5) is 0. The van der Waals surface area contributed by atoms with E-state index in [-0.39, 0.29) is 5.75 Å². The molecule has 0 atom stereocenters. The average Bonchev–Trinajstić information content (AvgIpc) is 2.58. The zero-order valence-electron chi connectivity index (χ0n) is 9.60. The van der Waals surface area contributed by atoms with Crippen molar-refractivity contribution < 1.29 is 8.42 Å². The van der Waals surface area contributed by atoms with E-state index in [9.17, 15) is 8.42 Å². The molecule has 0 aliphatic rings. The fraction of sp³-hybridized carbons (Fsp3) is 0.667. The van der Waals surface area contributed by atoms with E-state index in [4.69, 9.17) is 0 Å². The van der Waals surface area contributed by atoms with Crippen molar-refractivity contribution >= 4 is 15.7 Å². The summed E-state index contributed by atoms with van der Waals surface area (Å²) in [7, 11) is -1.51. The van der Waals surface area contributed by atoms with Crippen LogP contribution in [-0.4, -0.2) is 37.0 Å². The third-order valence-corrected chi connectivity index (χ3v) is 3.37. The molecule has 0 fully saturated rings. The highest BCUT2D eigenvalue weighted by Crippen LogP contribution is 2.07. The van der Waals surface area contributed by atoms with Crippen molar-refractivity contribution in [2.45, 2.75) is 13.3 Å². The fourth-order valence-electron chi connectivity index (χ4n) is 1.27. The van der Waals surface area contributed by atoms with Crippen LogP contribution in [0.4, 0.5) is 5.69 Å². The van der Waals surface area contributed by atoms with Crippen molar-refractivity contribution in [2.24, 2.45) is 7.05 Å². The van der Waals surface area contributed by atoms with Gasteiger partial charge in [-0.05, 0) is 19.5 Å². The molecule has 0 bridgehead atoms. The van der Waals surface area contributed by atoms with Crippen molar-refractivity contribution in [1.29, 1.82) is 0 Å². The van der Waals surface area contributed by atoms with Gasteiger partial charge in [-0.1, -0.05) is 6.92 Å². The summed E-state index contributed by atoms with van der Waals surface area (Å²) in [6, 6.07) is 0. The molecule has 92 valence electrons. The Hall–Kier alpha value is -1.08. The van der Waals surface area contributed by atoms with Gasteiger partial charge in [0.05, 0.1) is 17.6 Å². The van der Waals surface area contributed by atoms with Gasteiger partial charge in [-0.3, -0.25) is 9.40 Å². The van der Waals surface area contributed by atoms with Gasteiger partial charge < -0.3 is 5.32 Å². The van der Waals surface area contributed by atoms with Gasteiger partial charge in [-0.25, -0.2) is 8.42 Å². The van der Waals surface area contributed by atoms with Crippen molar-refractivity contribution in [3.8, 4) is 0 Å². The molecule has 0 amide bonds. The predicted octanol–water partition coefficient (Wildman–Crippen LogP) is 0.161. The van der Waals surface area contributed by atoms with Crippen LogP contribution in [0.25, 0.3) is 0 Å². The number of nitrogens with one attached hydrogen (secondary N) is 2. The van der Waals surface area contributed by atoms with E-state index in [2.05, 4.69) is 15.1 Å². The summed E-state index contributed by atoms with van der Waals surface area (Å²) < 4.78 is 27.2. The van der Waals surface area contributed by atoms with Gasteiger partial charge in [-0.2, -0.15) is 5.10 Å². The number of aryl methyl sites for hydroxylation is 1. The molecular formula is C9H18N4O2S. The van der Waals surface area contributed by atoms with Crippen molar-refractivity contribution in [3.05, 3.63) is 12.4 Å². The second-order valence-electron chi connectivity index (χ2n) is 3.53. The summed E-state index contributed by atoms with van der Waals surface area (Å²) in [5, 5.41) is 6.97.